The Kier molecular flexibility index (Phi) is 5.07. The van der Waals surface area contributed by atoms with E-state index in [0.29, 0.717) is 12.6 Å². The van der Waals surface area contributed by atoms with Crippen LogP contribution in [-0.2, 0) is 13.0 Å². The molecule has 1 aliphatic rings. The highest BCUT2D eigenvalue weighted by Crippen LogP contribution is 2.33. The molecule has 3 N–H and O–H groups in total. The fourth-order valence-corrected chi connectivity index (χ4v) is 4.75. The first-order chi connectivity index (χ1) is 16.7. The van der Waals surface area contributed by atoms with Gasteiger partial charge in [-0.25, -0.2) is 14.5 Å². The summed E-state index contributed by atoms with van der Waals surface area (Å²) in [5.41, 5.74) is 9.24. The minimum Gasteiger partial charge on any atom is -0.378 e. The van der Waals surface area contributed by atoms with Crippen molar-refractivity contribution in [3.8, 4) is 22.6 Å². The Morgan fingerprint density at radius 2 is 2.06 bits per heavy atom. The van der Waals surface area contributed by atoms with E-state index in [-0.39, 0.29) is 0 Å². The molecule has 5 aromatic rings. The van der Waals surface area contributed by atoms with E-state index < -0.39 is 0 Å². The molecular formula is C26H26N8. The molecule has 8 nitrogen and oxygen atoms in total. The summed E-state index contributed by atoms with van der Waals surface area (Å²) < 4.78 is 1.76. The van der Waals surface area contributed by atoms with Gasteiger partial charge in [-0.2, -0.15) is 5.10 Å². The molecule has 0 fully saturated rings. The summed E-state index contributed by atoms with van der Waals surface area (Å²) in [4.78, 5) is 17.5. The van der Waals surface area contributed by atoms with E-state index in [1.165, 1.54) is 11.1 Å². The van der Waals surface area contributed by atoms with Crippen LogP contribution in [0.5, 0.6) is 0 Å². The lowest BCUT2D eigenvalue weighted by atomic mass is 10.1. The molecule has 4 aromatic heterocycles. The SMILES string of the molecule is CNC1CCc2cc(NCc3nc(-c4ccc5ncnn5c4)c(-c4cccc(C)n4)[nH]3)ccc21. The molecular weight excluding hydrogens is 424 g/mol. The Labute approximate surface area is 197 Å². The third-order valence-corrected chi connectivity index (χ3v) is 6.47. The maximum Gasteiger partial charge on any atom is 0.155 e. The Bertz CT molecular complexity index is 1480. The molecule has 0 aliphatic heterocycles. The van der Waals surface area contributed by atoms with Gasteiger partial charge in [-0.15, -0.1) is 0 Å². The molecule has 1 unspecified atom stereocenters. The highest BCUT2D eigenvalue weighted by molar-refractivity contribution is 5.77. The van der Waals surface area contributed by atoms with Gasteiger partial charge in [0.2, 0.25) is 0 Å². The fraction of sp³-hybridized carbons (Fsp3) is 0.231. The fourth-order valence-electron chi connectivity index (χ4n) is 4.75. The van der Waals surface area contributed by atoms with Crippen LogP contribution in [0.15, 0.2) is 61.1 Å². The molecule has 1 atom stereocenters. The predicted molar refractivity (Wildman–Crippen MR) is 132 cm³/mol. The molecule has 1 aliphatic carbocycles. The van der Waals surface area contributed by atoms with Gasteiger partial charge in [-0.05, 0) is 74.3 Å². The number of nitrogens with one attached hydrogen (secondary N) is 3. The van der Waals surface area contributed by atoms with E-state index >= 15 is 0 Å². The lowest BCUT2D eigenvalue weighted by Crippen LogP contribution is -2.12. The lowest BCUT2D eigenvalue weighted by molar-refractivity contribution is 0.590. The number of hydrogen-bond donors (Lipinski definition) is 3. The van der Waals surface area contributed by atoms with Crippen molar-refractivity contribution in [3.63, 3.8) is 0 Å². The largest absolute Gasteiger partial charge is 0.378 e. The van der Waals surface area contributed by atoms with E-state index in [0.717, 1.165) is 58.3 Å². The van der Waals surface area contributed by atoms with E-state index in [4.69, 9.17) is 9.97 Å². The second-order valence-corrected chi connectivity index (χ2v) is 8.70. The zero-order valence-corrected chi connectivity index (χ0v) is 19.2. The number of hydrogen-bond acceptors (Lipinski definition) is 6. The number of anilines is 1. The first-order valence-corrected chi connectivity index (χ1v) is 11.5. The number of aryl methyl sites for hydroxylation is 2. The third kappa shape index (κ3) is 3.72. The number of aromatic nitrogens is 6. The Balaban J connectivity index is 1.33. The molecule has 0 spiro atoms. The van der Waals surface area contributed by atoms with E-state index in [1.54, 1.807) is 10.8 Å². The lowest BCUT2D eigenvalue weighted by Gasteiger charge is -2.11. The second-order valence-electron chi connectivity index (χ2n) is 8.70. The molecule has 0 amide bonds. The molecule has 8 heteroatoms. The van der Waals surface area contributed by atoms with Gasteiger partial charge in [-0.3, -0.25) is 4.98 Å². The topological polar surface area (TPSA) is 95.8 Å². The minimum atomic E-state index is 0.461. The Morgan fingerprint density at radius 3 is 2.94 bits per heavy atom. The van der Waals surface area contributed by atoms with Crippen LogP contribution in [0, 0.1) is 6.92 Å². The van der Waals surface area contributed by atoms with Gasteiger partial charge in [0.1, 0.15) is 12.2 Å². The van der Waals surface area contributed by atoms with Gasteiger partial charge in [0.15, 0.2) is 5.65 Å². The number of H-pyrrole nitrogens is 1. The number of aromatic amines is 1. The standard InChI is InChI=1S/C26H26N8/c1-16-4-3-5-22(31-16)26-25(18-7-11-24-29-15-30-34(24)14-18)32-23(33-26)13-28-19-8-9-20-17(12-19)6-10-21(20)27-2/h3-5,7-9,11-12,14-15,21,27-28H,6,10,13H2,1-2H3,(H,32,33). The van der Waals surface area contributed by atoms with Crippen molar-refractivity contribution in [2.45, 2.75) is 32.4 Å². The highest BCUT2D eigenvalue weighted by atomic mass is 15.3. The normalized spacial score (nSPS) is 15.1. The highest BCUT2D eigenvalue weighted by Gasteiger charge is 2.21. The summed E-state index contributed by atoms with van der Waals surface area (Å²) in [5, 5.41) is 11.2. The van der Waals surface area contributed by atoms with E-state index in [9.17, 15) is 0 Å². The van der Waals surface area contributed by atoms with Gasteiger partial charge >= 0.3 is 0 Å². The van der Waals surface area contributed by atoms with Crippen molar-refractivity contribution < 1.29 is 0 Å². The van der Waals surface area contributed by atoms with Crippen molar-refractivity contribution in [3.05, 3.63) is 83.7 Å². The van der Waals surface area contributed by atoms with Crippen LogP contribution >= 0.6 is 0 Å². The summed E-state index contributed by atoms with van der Waals surface area (Å²) >= 11 is 0. The maximum absolute atomic E-state index is 4.96. The molecule has 170 valence electrons. The van der Waals surface area contributed by atoms with Crippen molar-refractivity contribution in [2.75, 3.05) is 12.4 Å². The summed E-state index contributed by atoms with van der Waals surface area (Å²) in [7, 11) is 2.03. The van der Waals surface area contributed by atoms with Crippen LogP contribution in [0.3, 0.4) is 0 Å². The molecule has 34 heavy (non-hydrogen) atoms. The van der Waals surface area contributed by atoms with Crippen molar-refractivity contribution in [2.24, 2.45) is 0 Å². The average Bonchev–Trinajstić information content (AvgIpc) is 3.59. The van der Waals surface area contributed by atoms with E-state index in [1.807, 2.05) is 50.5 Å². The summed E-state index contributed by atoms with van der Waals surface area (Å²) in [6.07, 6.45) is 5.76. The van der Waals surface area contributed by atoms with Crippen LogP contribution in [0.2, 0.25) is 0 Å². The predicted octanol–water partition coefficient (Wildman–Crippen LogP) is 4.31. The number of nitrogens with zero attached hydrogens (tertiary/aromatic N) is 5. The monoisotopic (exact) mass is 450 g/mol. The van der Waals surface area contributed by atoms with Gasteiger partial charge in [0.25, 0.3) is 0 Å². The molecule has 0 bridgehead atoms. The first kappa shape index (κ1) is 20.6. The van der Waals surface area contributed by atoms with Crippen molar-refractivity contribution in [1.29, 1.82) is 0 Å². The van der Waals surface area contributed by atoms with Crippen molar-refractivity contribution in [1.82, 2.24) is 34.9 Å². The number of imidazole rings is 1. The van der Waals surface area contributed by atoms with Gasteiger partial charge in [0, 0.05) is 29.2 Å². The summed E-state index contributed by atoms with van der Waals surface area (Å²) in [5.74, 6) is 0.848. The smallest absolute Gasteiger partial charge is 0.155 e. The first-order valence-electron chi connectivity index (χ1n) is 11.5. The summed E-state index contributed by atoms with van der Waals surface area (Å²) in [6, 6.07) is 17.1. The van der Waals surface area contributed by atoms with Gasteiger partial charge in [-0.1, -0.05) is 12.1 Å². The molecule has 0 saturated carbocycles. The van der Waals surface area contributed by atoms with E-state index in [2.05, 4.69) is 43.9 Å². The molecule has 4 heterocycles. The van der Waals surface area contributed by atoms with Crippen molar-refractivity contribution >= 4 is 11.3 Å². The van der Waals surface area contributed by atoms with Crippen LogP contribution in [-0.4, -0.2) is 36.6 Å². The Morgan fingerprint density at radius 1 is 1.12 bits per heavy atom. The summed E-state index contributed by atoms with van der Waals surface area (Å²) in [6.45, 7) is 2.58. The zero-order chi connectivity index (χ0) is 23.1. The maximum atomic E-state index is 4.96. The van der Waals surface area contributed by atoms with Gasteiger partial charge < -0.3 is 15.6 Å². The van der Waals surface area contributed by atoms with Crippen LogP contribution < -0.4 is 10.6 Å². The Hall–Kier alpha value is -4.04. The molecule has 1 aromatic carbocycles. The number of benzene rings is 1. The van der Waals surface area contributed by atoms with Crippen LogP contribution in [0.4, 0.5) is 5.69 Å². The molecule has 0 radical (unpaired) electrons. The molecule has 0 saturated heterocycles. The number of pyridine rings is 2. The minimum absolute atomic E-state index is 0.461. The average molecular weight is 451 g/mol. The zero-order valence-electron chi connectivity index (χ0n) is 19.2. The van der Waals surface area contributed by atoms with Crippen LogP contribution in [0.25, 0.3) is 28.3 Å². The molecule has 6 rings (SSSR count). The third-order valence-electron chi connectivity index (χ3n) is 6.47. The number of rotatable bonds is 6. The second kappa shape index (κ2) is 8.39. The number of fused-ring (bicyclic) bond motifs is 2. The van der Waals surface area contributed by atoms with Gasteiger partial charge in [0.05, 0.1) is 23.6 Å². The quantitative estimate of drug-likeness (QED) is 0.357. The van der Waals surface area contributed by atoms with Crippen LogP contribution in [0.1, 0.15) is 35.1 Å².